The van der Waals surface area contributed by atoms with Gasteiger partial charge >= 0.3 is 0 Å². The highest BCUT2D eigenvalue weighted by atomic mass is 16.5. The van der Waals surface area contributed by atoms with E-state index in [-0.39, 0.29) is 13.2 Å². The number of aliphatic hydroxyl groups excluding tert-OH is 2. The van der Waals surface area contributed by atoms with E-state index in [4.69, 9.17) is 14.9 Å². The molecule has 136 valence electrons. The van der Waals surface area contributed by atoms with Crippen LogP contribution >= 0.6 is 0 Å². The van der Waals surface area contributed by atoms with E-state index in [9.17, 15) is 0 Å². The molecule has 0 amide bonds. The highest BCUT2D eigenvalue weighted by molar-refractivity contribution is 4.52. The van der Waals surface area contributed by atoms with Crippen molar-refractivity contribution in [2.75, 3.05) is 39.6 Å². The molecule has 22 heavy (non-hydrogen) atoms. The Morgan fingerprint density at radius 2 is 1.00 bits per heavy atom. The molecule has 0 fully saturated rings. The van der Waals surface area contributed by atoms with Gasteiger partial charge in [-0.2, -0.15) is 0 Å². The predicted octanol–water partition coefficient (Wildman–Crippen LogP) is 3.98. The molecule has 0 rings (SSSR count). The lowest BCUT2D eigenvalue weighted by Crippen LogP contribution is -2.03. The molecule has 0 aromatic heterocycles. The van der Waals surface area contributed by atoms with Gasteiger partial charge in [0.2, 0.25) is 0 Å². The van der Waals surface area contributed by atoms with Crippen LogP contribution in [0.4, 0.5) is 0 Å². The minimum atomic E-state index is 0.0278. The molecule has 0 spiro atoms. The molecule has 4 heteroatoms. The van der Waals surface area contributed by atoms with Crippen LogP contribution in [0.2, 0.25) is 0 Å². The van der Waals surface area contributed by atoms with Crippen LogP contribution in [-0.4, -0.2) is 49.9 Å². The van der Waals surface area contributed by atoms with Crippen molar-refractivity contribution >= 4 is 0 Å². The minimum absolute atomic E-state index is 0.0278. The zero-order chi connectivity index (χ0) is 17.9. The molecule has 0 unspecified atom stereocenters. The second kappa shape index (κ2) is 42.7. The number of aliphatic hydroxyl groups is 2. The zero-order valence-electron chi connectivity index (χ0n) is 15.4. The molecule has 0 saturated carbocycles. The summed E-state index contributed by atoms with van der Waals surface area (Å²) in [6, 6.07) is 0. The van der Waals surface area contributed by atoms with Gasteiger partial charge in [-0.05, 0) is 26.7 Å². The summed E-state index contributed by atoms with van der Waals surface area (Å²) >= 11 is 0. The van der Waals surface area contributed by atoms with Gasteiger partial charge in [0.15, 0.2) is 0 Å². The lowest BCUT2D eigenvalue weighted by Gasteiger charge is -1.99. The topological polar surface area (TPSA) is 58.9 Å². The van der Waals surface area contributed by atoms with Gasteiger partial charge in [0.25, 0.3) is 0 Å². The highest BCUT2D eigenvalue weighted by Gasteiger charge is 1.84. The number of allylic oxidation sites excluding steroid dienone is 2. The lowest BCUT2D eigenvalue weighted by molar-refractivity contribution is 0.0650. The lowest BCUT2D eigenvalue weighted by atomic mass is 10.3. The third-order valence-corrected chi connectivity index (χ3v) is 1.76. The average Bonchev–Trinajstić information content (AvgIpc) is 2.50. The summed E-state index contributed by atoms with van der Waals surface area (Å²) in [6.45, 7) is 17.5. The van der Waals surface area contributed by atoms with Gasteiger partial charge in [0.1, 0.15) is 0 Å². The van der Waals surface area contributed by atoms with Crippen LogP contribution in [0.3, 0.4) is 0 Å². The van der Waals surface area contributed by atoms with Crippen LogP contribution in [0.15, 0.2) is 25.3 Å². The molecule has 0 heterocycles. The van der Waals surface area contributed by atoms with Crippen LogP contribution in [0, 0.1) is 0 Å². The number of hydrogen-bond acceptors (Lipinski definition) is 4. The first-order valence-electron chi connectivity index (χ1n) is 8.17. The van der Waals surface area contributed by atoms with Crippen LogP contribution in [0.5, 0.6) is 0 Å². The molecule has 4 nitrogen and oxygen atoms in total. The molecule has 2 N–H and O–H groups in total. The first-order chi connectivity index (χ1) is 10.7. The predicted molar refractivity (Wildman–Crippen MR) is 97.4 cm³/mol. The van der Waals surface area contributed by atoms with E-state index in [0.29, 0.717) is 13.2 Å². The number of unbranched alkanes of at least 4 members (excludes halogenated alkanes) is 2. The largest absolute Gasteiger partial charge is 0.394 e. The number of hydrogen-bond donors (Lipinski definition) is 2. The Kier molecular flexibility index (Phi) is 57.0. The van der Waals surface area contributed by atoms with E-state index in [1.165, 1.54) is 25.7 Å². The standard InChI is InChI=1S/C8H18O.C4H10O3.2C3H6/c1-3-5-7-9-8-6-4-2;5-1-3-7-4-2-6;2*1-3-2/h3-8H2,1-2H3;5-6H,1-4H2;2*3H,1H2,2H3. The Labute approximate surface area is 138 Å². The average molecular weight is 321 g/mol. The fourth-order valence-corrected chi connectivity index (χ4v) is 0.826. The van der Waals surface area contributed by atoms with Crippen molar-refractivity contribution in [1.29, 1.82) is 0 Å². The number of ether oxygens (including phenoxy) is 2. The summed E-state index contributed by atoms with van der Waals surface area (Å²) < 4.78 is 9.95. The Morgan fingerprint density at radius 3 is 1.23 bits per heavy atom. The molecule has 0 saturated heterocycles. The maximum Gasteiger partial charge on any atom is 0.0698 e. The van der Waals surface area contributed by atoms with Crippen molar-refractivity contribution in [3.05, 3.63) is 25.3 Å². The summed E-state index contributed by atoms with van der Waals surface area (Å²) in [6.07, 6.45) is 8.41. The van der Waals surface area contributed by atoms with E-state index in [2.05, 4.69) is 31.7 Å². The summed E-state index contributed by atoms with van der Waals surface area (Å²) in [5.41, 5.74) is 0. The van der Waals surface area contributed by atoms with E-state index < -0.39 is 0 Å². The van der Waals surface area contributed by atoms with Crippen LogP contribution in [0.1, 0.15) is 53.4 Å². The molecule has 0 aromatic carbocycles. The zero-order valence-corrected chi connectivity index (χ0v) is 15.4. The molecule has 0 radical (unpaired) electrons. The molecular weight excluding hydrogens is 280 g/mol. The maximum absolute atomic E-state index is 8.09. The smallest absolute Gasteiger partial charge is 0.0698 e. The van der Waals surface area contributed by atoms with Crippen LogP contribution in [0.25, 0.3) is 0 Å². The van der Waals surface area contributed by atoms with Gasteiger partial charge in [-0.1, -0.05) is 38.8 Å². The van der Waals surface area contributed by atoms with Crippen molar-refractivity contribution in [2.24, 2.45) is 0 Å². The molecule has 0 bridgehead atoms. The van der Waals surface area contributed by atoms with E-state index >= 15 is 0 Å². The summed E-state index contributed by atoms with van der Waals surface area (Å²) in [4.78, 5) is 0. The third-order valence-electron chi connectivity index (χ3n) is 1.76. The number of rotatable bonds is 10. The van der Waals surface area contributed by atoms with Gasteiger partial charge < -0.3 is 19.7 Å². The normalized spacial score (nSPS) is 8.27. The van der Waals surface area contributed by atoms with Crippen molar-refractivity contribution in [3.8, 4) is 0 Å². The Bertz CT molecular complexity index is 145. The first kappa shape index (κ1) is 29.3. The third kappa shape index (κ3) is 74.6. The fraction of sp³-hybridized carbons (Fsp3) is 0.778. The molecule has 0 aliphatic heterocycles. The molecule has 0 atom stereocenters. The quantitative estimate of drug-likeness (QED) is 0.472. The molecule has 0 aromatic rings. The van der Waals surface area contributed by atoms with Crippen molar-refractivity contribution < 1.29 is 19.7 Å². The van der Waals surface area contributed by atoms with Crippen molar-refractivity contribution in [3.63, 3.8) is 0 Å². The highest BCUT2D eigenvalue weighted by Crippen LogP contribution is 1.91. The van der Waals surface area contributed by atoms with Crippen molar-refractivity contribution in [2.45, 2.75) is 53.4 Å². The molecule has 0 aliphatic rings. The van der Waals surface area contributed by atoms with Gasteiger partial charge in [-0.15, -0.1) is 13.2 Å². The Morgan fingerprint density at radius 1 is 0.727 bits per heavy atom. The fourth-order valence-electron chi connectivity index (χ4n) is 0.826. The van der Waals surface area contributed by atoms with Crippen LogP contribution in [-0.2, 0) is 9.47 Å². The Balaban J connectivity index is -0.000000110. The van der Waals surface area contributed by atoms with Crippen LogP contribution < -0.4 is 0 Å². The van der Waals surface area contributed by atoms with Gasteiger partial charge in [-0.25, -0.2) is 0 Å². The summed E-state index contributed by atoms with van der Waals surface area (Å²) in [7, 11) is 0. The second-order valence-corrected chi connectivity index (χ2v) is 4.20. The molecule has 0 aliphatic carbocycles. The van der Waals surface area contributed by atoms with Gasteiger partial charge in [0, 0.05) is 13.2 Å². The minimum Gasteiger partial charge on any atom is -0.394 e. The second-order valence-electron chi connectivity index (χ2n) is 4.20. The first-order valence-corrected chi connectivity index (χ1v) is 8.17. The van der Waals surface area contributed by atoms with E-state index in [1.54, 1.807) is 12.2 Å². The molecular formula is C18H40O4. The van der Waals surface area contributed by atoms with Gasteiger partial charge in [0.05, 0.1) is 26.4 Å². The maximum atomic E-state index is 8.09. The van der Waals surface area contributed by atoms with Gasteiger partial charge in [-0.3, -0.25) is 0 Å². The monoisotopic (exact) mass is 320 g/mol. The van der Waals surface area contributed by atoms with E-state index in [0.717, 1.165) is 13.2 Å². The van der Waals surface area contributed by atoms with Crippen molar-refractivity contribution in [1.82, 2.24) is 0 Å². The Hall–Kier alpha value is -0.680. The van der Waals surface area contributed by atoms with E-state index in [1.807, 2.05) is 13.8 Å². The summed E-state index contributed by atoms with van der Waals surface area (Å²) in [5.74, 6) is 0. The summed E-state index contributed by atoms with van der Waals surface area (Å²) in [5, 5.41) is 16.2. The SMILES string of the molecule is C=CC.C=CC.CCCCOCCCC.OCCOCCO.